The Balaban J connectivity index is 2.37. The van der Waals surface area contributed by atoms with Crippen molar-refractivity contribution in [3.05, 3.63) is 0 Å². The Labute approximate surface area is 125 Å². The Morgan fingerprint density at radius 1 is 1.32 bits per heavy atom. The smallest absolute Gasteiger partial charge is 0.0107 e. The van der Waals surface area contributed by atoms with Crippen LogP contribution in [0, 0.1) is 5.92 Å². The molecule has 0 aromatic heterocycles. The molecule has 0 aromatic carbocycles. The molecule has 0 spiro atoms. The molecule has 3 heteroatoms. The summed E-state index contributed by atoms with van der Waals surface area (Å²) in [4.78, 5) is 2.59. The number of hydrogen-bond acceptors (Lipinski definition) is 3. The molecule has 0 heterocycles. The van der Waals surface area contributed by atoms with E-state index in [0.29, 0.717) is 0 Å². The summed E-state index contributed by atoms with van der Waals surface area (Å²) in [5.41, 5.74) is 0. The summed E-state index contributed by atoms with van der Waals surface area (Å²) >= 11 is 1.97. The summed E-state index contributed by atoms with van der Waals surface area (Å²) in [6.45, 7) is 7.11. The van der Waals surface area contributed by atoms with E-state index >= 15 is 0 Å². The van der Waals surface area contributed by atoms with Crippen molar-refractivity contribution in [2.45, 2.75) is 64.5 Å². The van der Waals surface area contributed by atoms with Crippen LogP contribution in [0.25, 0.3) is 0 Å². The SMILES string of the molecule is CCCNC1CCCCC1CN(C)C(C)CCSC. The van der Waals surface area contributed by atoms with Gasteiger partial charge >= 0.3 is 0 Å². The molecule has 1 rings (SSSR count). The lowest BCUT2D eigenvalue weighted by Gasteiger charge is -2.37. The van der Waals surface area contributed by atoms with Crippen LogP contribution in [0.3, 0.4) is 0 Å². The van der Waals surface area contributed by atoms with Gasteiger partial charge in [-0.3, -0.25) is 0 Å². The average molecular weight is 287 g/mol. The van der Waals surface area contributed by atoms with E-state index in [2.05, 4.69) is 37.4 Å². The van der Waals surface area contributed by atoms with Gasteiger partial charge in [-0.1, -0.05) is 19.8 Å². The van der Waals surface area contributed by atoms with E-state index in [1.807, 2.05) is 11.8 Å². The Morgan fingerprint density at radius 2 is 2.05 bits per heavy atom. The second kappa shape index (κ2) is 10.1. The number of thioether (sulfide) groups is 1. The van der Waals surface area contributed by atoms with Gasteiger partial charge < -0.3 is 10.2 Å². The molecule has 1 N–H and O–H groups in total. The highest BCUT2D eigenvalue weighted by Crippen LogP contribution is 2.26. The molecule has 0 aromatic rings. The lowest BCUT2D eigenvalue weighted by Crippen LogP contribution is -2.45. The zero-order chi connectivity index (χ0) is 14.1. The second-order valence-electron chi connectivity index (χ2n) is 6.18. The first-order valence-electron chi connectivity index (χ1n) is 8.11. The Bertz CT molecular complexity index is 223. The summed E-state index contributed by atoms with van der Waals surface area (Å²) in [6, 6.07) is 1.49. The molecule has 0 bridgehead atoms. The fraction of sp³-hybridized carbons (Fsp3) is 1.00. The van der Waals surface area contributed by atoms with E-state index < -0.39 is 0 Å². The van der Waals surface area contributed by atoms with E-state index in [4.69, 9.17) is 0 Å². The van der Waals surface area contributed by atoms with Crippen molar-refractivity contribution in [2.24, 2.45) is 5.92 Å². The summed E-state index contributed by atoms with van der Waals surface area (Å²) in [5.74, 6) is 2.15. The van der Waals surface area contributed by atoms with Crippen LogP contribution >= 0.6 is 11.8 Å². The molecule has 0 saturated heterocycles. The highest BCUT2D eigenvalue weighted by Gasteiger charge is 2.26. The van der Waals surface area contributed by atoms with Gasteiger partial charge in [-0.2, -0.15) is 11.8 Å². The predicted molar refractivity (Wildman–Crippen MR) is 89.1 cm³/mol. The monoisotopic (exact) mass is 286 g/mol. The number of nitrogens with one attached hydrogen (secondary N) is 1. The largest absolute Gasteiger partial charge is 0.314 e. The van der Waals surface area contributed by atoms with Crippen molar-refractivity contribution in [1.29, 1.82) is 0 Å². The third kappa shape index (κ3) is 6.50. The third-order valence-electron chi connectivity index (χ3n) is 4.58. The van der Waals surface area contributed by atoms with Crippen LogP contribution in [0.1, 0.15) is 52.4 Å². The molecule has 3 atom stereocenters. The van der Waals surface area contributed by atoms with Crippen molar-refractivity contribution in [1.82, 2.24) is 10.2 Å². The van der Waals surface area contributed by atoms with Crippen molar-refractivity contribution in [3.63, 3.8) is 0 Å². The Morgan fingerprint density at radius 3 is 2.74 bits per heavy atom. The van der Waals surface area contributed by atoms with Crippen LogP contribution in [-0.2, 0) is 0 Å². The van der Waals surface area contributed by atoms with Crippen LogP contribution in [-0.4, -0.2) is 49.1 Å². The van der Waals surface area contributed by atoms with Crippen molar-refractivity contribution in [2.75, 3.05) is 32.1 Å². The Kier molecular flexibility index (Phi) is 9.17. The van der Waals surface area contributed by atoms with Gasteiger partial charge in [0.15, 0.2) is 0 Å². The number of nitrogens with zero attached hydrogens (tertiary/aromatic N) is 1. The van der Waals surface area contributed by atoms with Gasteiger partial charge in [0.2, 0.25) is 0 Å². The van der Waals surface area contributed by atoms with Gasteiger partial charge in [-0.25, -0.2) is 0 Å². The first kappa shape index (κ1) is 17.3. The molecule has 0 amide bonds. The van der Waals surface area contributed by atoms with Gasteiger partial charge in [0.25, 0.3) is 0 Å². The highest BCUT2D eigenvalue weighted by atomic mass is 32.2. The van der Waals surface area contributed by atoms with Gasteiger partial charge in [-0.05, 0) is 64.1 Å². The summed E-state index contributed by atoms with van der Waals surface area (Å²) in [5, 5.41) is 3.78. The molecule has 2 nitrogen and oxygen atoms in total. The lowest BCUT2D eigenvalue weighted by molar-refractivity contribution is 0.159. The van der Waals surface area contributed by atoms with E-state index in [1.165, 1.54) is 57.4 Å². The van der Waals surface area contributed by atoms with Crippen LogP contribution in [0.4, 0.5) is 0 Å². The average Bonchev–Trinajstić information content (AvgIpc) is 2.43. The molecule has 0 radical (unpaired) electrons. The fourth-order valence-corrected chi connectivity index (χ4v) is 3.66. The van der Waals surface area contributed by atoms with E-state index in [9.17, 15) is 0 Å². The van der Waals surface area contributed by atoms with Gasteiger partial charge in [0.1, 0.15) is 0 Å². The second-order valence-corrected chi connectivity index (χ2v) is 7.16. The normalized spacial score (nSPS) is 25.7. The molecular weight excluding hydrogens is 252 g/mol. The summed E-state index contributed by atoms with van der Waals surface area (Å²) in [7, 11) is 2.32. The molecule has 1 saturated carbocycles. The maximum absolute atomic E-state index is 3.78. The predicted octanol–water partition coefficient (Wildman–Crippen LogP) is 3.62. The van der Waals surface area contributed by atoms with Gasteiger partial charge in [0.05, 0.1) is 0 Å². The van der Waals surface area contributed by atoms with Crippen LogP contribution in [0.15, 0.2) is 0 Å². The molecule has 19 heavy (non-hydrogen) atoms. The zero-order valence-electron chi connectivity index (χ0n) is 13.5. The summed E-state index contributed by atoms with van der Waals surface area (Å²) in [6.07, 6.45) is 10.4. The molecule has 114 valence electrons. The maximum Gasteiger partial charge on any atom is 0.0107 e. The lowest BCUT2D eigenvalue weighted by atomic mass is 9.84. The maximum atomic E-state index is 3.78. The molecular formula is C16H34N2S. The van der Waals surface area contributed by atoms with Crippen LogP contribution < -0.4 is 5.32 Å². The highest BCUT2D eigenvalue weighted by molar-refractivity contribution is 7.98. The molecule has 1 fully saturated rings. The van der Waals surface area contributed by atoms with E-state index in [0.717, 1.165) is 18.0 Å². The number of rotatable bonds is 9. The van der Waals surface area contributed by atoms with Gasteiger partial charge in [0, 0.05) is 18.6 Å². The molecule has 1 aliphatic rings. The van der Waals surface area contributed by atoms with E-state index in [-0.39, 0.29) is 0 Å². The molecule has 0 aliphatic heterocycles. The van der Waals surface area contributed by atoms with Crippen molar-refractivity contribution >= 4 is 11.8 Å². The first-order chi connectivity index (χ1) is 9.19. The minimum absolute atomic E-state index is 0.723. The van der Waals surface area contributed by atoms with Crippen molar-refractivity contribution < 1.29 is 0 Å². The quantitative estimate of drug-likeness (QED) is 0.697. The molecule has 3 unspecified atom stereocenters. The minimum Gasteiger partial charge on any atom is -0.314 e. The molecule has 1 aliphatic carbocycles. The van der Waals surface area contributed by atoms with Crippen LogP contribution in [0.5, 0.6) is 0 Å². The Hall–Kier alpha value is 0.270. The van der Waals surface area contributed by atoms with Gasteiger partial charge in [-0.15, -0.1) is 0 Å². The summed E-state index contributed by atoms with van der Waals surface area (Å²) < 4.78 is 0. The topological polar surface area (TPSA) is 15.3 Å². The fourth-order valence-electron chi connectivity index (χ4n) is 3.08. The third-order valence-corrected chi connectivity index (χ3v) is 5.22. The van der Waals surface area contributed by atoms with Crippen molar-refractivity contribution in [3.8, 4) is 0 Å². The van der Waals surface area contributed by atoms with Crippen LogP contribution in [0.2, 0.25) is 0 Å². The standard InChI is InChI=1S/C16H34N2S/c1-5-11-17-16-9-7-6-8-15(16)13-18(3)14(2)10-12-19-4/h14-17H,5-13H2,1-4H3. The van der Waals surface area contributed by atoms with E-state index in [1.54, 1.807) is 0 Å². The zero-order valence-corrected chi connectivity index (χ0v) is 14.3. The first-order valence-corrected chi connectivity index (χ1v) is 9.51. The number of hydrogen-bond donors (Lipinski definition) is 1. The minimum atomic E-state index is 0.723.